The number of benzene rings is 1. The quantitative estimate of drug-likeness (QED) is 0.809. The van der Waals surface area contributed by atoms with E-state index in [1.165, 1.54) is 6.33 Å². The number of amides is 1. The Hall–Kier alpha value is -2.38. The normalized spacial score (nSPS) is 10.4. The summed E-state index contributed by atoms with van der Waals surface area (Å²) in [5.41, 5.74) is -0.314. The molecule has 18 heavy (non-hydrogen) atoms. The number of rotatable bonds is 3. The van der Waals surface area contributed by atoms with Crippen LogP contribution in [0.5, 0.6) is 0 Å². The number of carbonyl (C=O) groups is 1. The molecule has 0 radical (unpaired) electrons. The number of hydrogen-bond donors (Lipinski definition) is 2. The lowest BCUT2D eigenvalue weighted by Gasteiger charge is -2.04. The molecule has 0 saturated carbocycles. The van der Waals surface area contributed by atoms with Gasteiger partial charge in [0.2, 0.25) is 0 Å². The van der Waals surface area contributed by atoms with Crippen LogP contribution >= 0.6 is 0 Å². The van der Waals surface area contributed by atoms with Crippen LogP contribution in [0.25, 0.3) is 0 Å². The number of H-pyrrole nitrogens is 1. The van der Waals surface area contributed by atoms with Crippen LogP contribution in [0.1, 0.15) is 16.2 Å². The molecule has 0 saturated heterocycles. The molecule has 1 aromatic heterocycles. The second-order valence-corrected chi connectivity index (χ2v) is 3.37. The van der Waals surface area contributed by atoms with Crippen molar-refractivity contribution in [2.75, 3.05) is 0 Å². The van der Waals surface area contributed by atoms with Crippen molar-refractivity contribution in [1.29, 1.82) is 0 Å². The van der Waals surface area contributed by atoms with Crippen LogP contribution in [-0.2, 0) is 6.54 Å². The molecule has 1 amide bonds. The molecule has 1 aromatic carbocycles. The summed E-state index contributed by atoms with van der Waals surface area (Å²) in [4.78, 5) is 15.3. The van der Waals surface area contributed by atoms with Gasteiger partial charge < -0.3 is 5.32 Å². The van der Waals surface area contributed by atoms with Gasteiger partial charge in [-0.2, -0.15) is 5.10 Å². The van der Waals surface area contributed by atoms with Crippen LogP contribution in [0.3, 0.4) is 0 Å². The molecule has 5 nitrogen and oxygen atoms in total. The van der Waals surface area contributed by atoms with Crippen LogP contribution in [0, 0.1) is 17.5 Å². The van der Waals surface area contributed by atoms with E-state index in [0.717, 1.165) is 0 Å². The zero-order valence-corrected chi connectivity index (χ0v) is 8.88. The first kappa shape index (κ1) is 12.1. The molecule has 0 unspecified atom stereocenters. The molecule has 2 aromatic rings. The number of hydrogen-bond acceptors (Lipinski definition) is 3. The minimum Gasteiger partial charge on any atom is -0.345 e. The molecule has 0 atom stereocenters. The number of nitrogens with one attached hydrogen (secondary N) is 2. The zero-order chi connectivity index (χ0) is 13.1. The number of nitrogens with zero attached hydrogens (tertiary/aromatic N) is 2. The van der Waals surface area contributed by atoms with Crippen molar-refractivity contribution in [2.45, 2.75) is 6.54 Å². The second kappa shape index (κ2) is 4.86. The lowest BCUT2D eigenvalue weighted by Crippen LogP contribution is -2.24. The fourth-order valence-electron chi connectivity index (χ4n) is 1.27. The van der Waals surface area contributed by atoms with Gasteiger partial charge in [0.25, 0.3) is 5.91 Å². The molecule has 0 bridgehead atoms. The standard InChI is InChI=1S/C10H7F3N4O/c11-6-1-5(2-7(12)9(6)13)10(18)14-3-8-15-4-16-17-8/h1-2,4H,3H2,(H,14,18)(H,15,16,17). The third kappa shape index (κ3) is 2.47. The Labute approximate surface area is 99.0 Å². The zero-order valence-electron chi connectivity index (χ0n) is 8.88. The highest BCUT2D eigenvalue weighted by Gasteiger charge is 2.14. The molecule has 0 fully saturated rings. The highest BCUT2D eigenvalue weighted by atomic mass is 19.2. The van der Waals surface area contributed by atoms with E-state index in [0.29, 0.717) is 18.0 Å². The van der Waals surface area contributed by atoms with E-state index in [1.807, 2.05) is 0 Å². The first-order valence-electron chi connectivity index (χ1n) is 4.85. The summed E-state index contributed by atoms with van der Waals surface area (Å²) in [6, 6.07) is 1.24. The highest BCUT2D eigenvalue weighted by Crippen LogP contribution is 2.13. The Kier molecular flexibility index (Phi) is 3.26. The topological polar surface area (TPSA) is 70.7 Å². The van der Waals surface area contributed by atoms with E-state index in [-0.39, 0.29) is 12.1 Å². The van der Waals surface area contributed by atoms with E-state index in [2.05, 4.69) is 20.5 Å². The largest absolute Gasteiger partial charge is 0.345 e. The Bertz CT molecular complexity index is 548. The van der Waals surface area contributed by atoms with Gasteiger partial charge in [-0.25, -0.2) is 18.2 Å². The van der Waals surface area contributed by atoms with Crippen LogP contribution in [0.15, 0.2) is 18.5 Å². The Morgan fingerprint density at radius 1 is 1.28 bits per heavy atom. The molecule has 1 heterocycles. The predicted molar refractivity (Wildman–Crippen MR) is 53.9 cm³/mol. The predicted octanol–water partition coefficient (Wildman–Crippen LogP) is 1.15. The second-order valence-electron chi connectivity index (χ2n) is 3.37. The maximum atomic E-state index is 12.9. The monoisotopic (exact) mass is 256 g/mol. The first-order valence-corrected chi connectivity index (χ1v) is 4.85. The molecule has 0 aliphatic rings. The van der Waals surface area contributed by atoms with Crippen molar-refractivity contribution in [2.24, 2.45) is 0 Å². The van der Waals surface area contributed by atoms with Gasteiger partial charge in [-0.1, -0.05) is 0 Å². The Balaban J connectivity index is 2.09. The summed E-state index contributed by atoms with van der Waals surface area (Å²) in [6.07, 6.45) is 1.25. The fourth-order valence-corrected chi connectivity index (χ4v) is 1.27. The van der Waals surface area contributed by atoms with E-state index >= 15 is 0 Å². The average Bonchev–Trinajstić information content (AvgIpc) is 2.85. The number of aromatic amines is 1. The summed E-state index contributed by atoms with van der Waals surface area (Å²) in [5.74, 6) is -4.81. The minimum atomic E-state index is -1.61. The summed E-state index contributed by atoms with van der Waals surface area (Å²) >= 11 is 0. The van der Waals surface area contributed by atoms with E-state index in [9.17, 15) is 18.0 Å². The number of carbonyl (C=O) groups excluding carboxylic acids is 1. The van der Waals surface area contributed by atoms with Crippen molar-refractivity contribution < 1.29 is 18.0 Å². The van der Waals surface area contributed by atoms with Crippen molar-refractivity contribution in [3.63, 3.8) is 0 Å². The molecule has 2 N–H and O–H groups in total. The Morgan fingerprint density at radius 2 is 1.94 bits per heavy atom. The number of halogens is 3. The van der Waals surface area contributed by atoms with Gasteiger partial charge in [-0.05, 0) is 12.1 Å². The summed E-state index contributed by atoms with van der Waals surface area (Å²) in [7, 11) is 0. The molecular formula is C10H7F3N4O. The SMILES string of the molecule is O=C(NCc1ncn[nH]1)c1cc(F)c(F)c(F)c1. The highest BCUT2D eigenvalue weighted by molar-refractivity contribution is 5.94. The van der Waals surface area contributed by atoms with Crippen molar-refractivity contribution in [1.82, 2.24) is 20.5 Å². The summed E-state index contributed by atoms with van der Waals surface area (Å²) in [6.45, 7) is 0.0133. The van der Waals surface area contributed by atoms with E-state index in [4.69, 9.17) is 0 Å². The molecule has 0 aliphatic carbocycles. The molecule has 0 aliphatic heterocycles. The van der Waals surface area contributed by atoms with Gasteiger partial charge in [0.05, 0.1) is 6.54 Å². The lowest BCUT2D eigenvalue weighted by atomic mass is 10.2. The van der Waals surface area contributed by atoms with Crippen LogP contribution < -0.4 is 5.32 Å². The van der Waals surface area contributed by atoms with Crippen LogP contribution in [0.2, 0.25) is 0 Å². The van der Waals surface area contributed by atoms with Gasteiger partial charge in [0, 0.05) is 5.56 Å². The summed E-state index contributed by atoms with van der Waals surface area (Å²) in [5, 5.41) is 8.39. The van der Waals surface area contributed by atoms with Gasteiger partial charge in [-0.15, -0.1) is 0 Å². The Morgan fingerprint density at radius 3 is 2.50 bits per heavy atom. The summed E-state index contributed by atoms with van der Waals surface area (Å²) < 4.78 is 38.5. The van der Waals surface area contributed by atoms with E-state index in [1.54, 1.807) is 0 Å². The van der Waals surface area contributed by atoms with Gasteiger partial charge in [0.1, 0.15) is 12.2 Å². The van der Waals surface area contributed by atoms with Gasteiger partial charge in [0.15, 0.2) is 17.5 Å². The van der Waals surface area contributed by atoms with Gasteiger partial charge in [-0.3, -0.25) is 9.89 Å². The molecular weight excluding hydrogens is 249 g/mol. The fraction of sp³-hybridized carbons (Fsp3) is 0.100. The average molecular weight is 256 g/mol. The van der Waals surface area contributed by atoms with Crippen LogP contribution in [-0.4, -0.2) is 21.1 Å². The molecule has 94 valence electrons. The molecule has 0 spiro atoms. The maximum absolute atomic E-state index is 12.9. The van der Waals surface area contributed by atoms with Crippen molar-refractivity contribution in [3.8, 4) is 0 Å². The first-order chi connectivity index (χ1) is 8.58. The molecule has 2 rings (SSSR count). The lowest BCUT2D eigenvalue weighted by molar-refractivity contribution is 0.0948. The van der Waals surface area contributed by atoms with Crippen LogP contribution in [0.4, 0.5) is 13.2 Å². The van der Waals surface area contributed by atoms with Crippen molar-refractivity contribution in [3.05, 3.63) is 47.3 Å². The smallest absolute Gasteiger partial charge is 0.251 e. The van der Waals surface area contributed by atoms with E-state index < -0.39 is 23.4 Å². The minimum absolute atomic E-state index is 0.0133. The van der Waals surface area contributed by atoms with Gasteiger partial charge >= 0.3 is 0 Å². The third-order valence-electron chi connectivity index (χ3n) is 2.13. The number of aromatic nitrogens is 3. The third-order valence-corrected chi connectivity index (χ3v) is 2.13. The van der Waals surface area contributed by atoms with Crippen molar-refractivity contribution >= 4 is 5.91 Å². The maximum Gasteiger partial charge on any atom is 0.251 e. The molecule has 8 heteroatoms.